The average Bonchev–Trinajstić information content (AvgIpc) is 2.81. The summed E-state index contributed by atoms with van der Waals surface area (Å²) in [6.45, 7) is 0. The van der Waals surface area contributed by atoms with Crippen LogP contribution in [0.3, 0.4) is 0 Å². The molecule has 0 aliphatic carbocycles. The predicted molar refractivity (Wildman–Crippen MR) is 73.4 cm³/mol. The molecule has 1 N–H and O–H groups in total. The van der Waals surface area contributed by atoms with Gasteiger partial charge in [-0.15, -0.1) is 11.8 Å². The second-order valence-corrected chi connectivity index (χ2v) is 5.45. The first kappa shape index (κ1) is 11.5. The highest BCUT2D eigenvalue weighted by atomic mass is 32.2. The summed E-state index contributed by atoms with van der Waals surface area (Å²) >= 11 is 1.76. The fraction of sp³-hybridized carbons (Fsp3) is 0.200. The number of phenols is 1. The summed E-state index contributed by atoms with van der Waals surface area (Å²) in [6.07, 6.45) is 1.24. The molecule has 92 valence electrons. The topological polar surface area (TPSA) is 29.5 Å². The number of hydrogen-bond acceptors (Lipinski definition) is 3. The molecular formula is C15H14O2S. The zero-order valence-electron chi connectivity index (χ0n) is 9.87. The minimum atomic E-state index is 0.251. The first-order chi connectivity index (χ1) is 8.81. The van der Waals surface area contributed by atoms with Crippen molar-refractivity contribution in [3.8, 4) is 11.5 Å². The van der Waals surface area contributed by atoms with Gasteiger partial charge in [0, 0.05) is 17.1 Å². The molecule has 1 heterocycles. The first-order valence-corrected chi connectivity index (χ1v) is 6.96. The van der Waals surface area contributed by atoms with Crippen LogP contribution >= 0.6 is 11.8 Å². The maximum Gasteiger partial charge on any atom is 0.123 e. The van der Waals surface area contributed by atoms with Crippen LogP contribution in [0, 0.1) is 0 Å². The molecule has 1 atom stereocenters. The van der Waals surface area contributed by atoms with E-state index >= 15 is 0 Å². The SMILES string of the molecule is Oc1ccc(SCC2Cc3ccccc3O2)cc1. The van der Waals surface area contributed by atoms with E-state index in [0.717, 1.165) is 22.8 Å². The van der Waals surface area contributed by atoms with Gasteiger partial charge in [-0.25, -0.2) is 0 Å². The van der Waals surface area contributed by atoms with E-state index in [1.165, 1.54) is 5.56 Å². The van der Waals surface area contributed by atoms with Gasteiger partial charge < -0.3 is 9.84 Å². The highest BCUT2D eigenvalue weighted by Crippen LogP contribution is 2.31. The summed E-state index contributed by atoms with van der Waals surface area (Å²) in [5.41, 5.74) is 1.30. The van der Waals surface area contributed by atoms with Crippen molar-refractivity contribution in [1.82, 2.24) is 0 Å². The fourth-order valence-electron chi connectivity index (χ4n) is 2.08. The minimum Gasteiger partial charge on any atom is -0.508 e. The van der Waals surface area contributed by atoms with Crippen LogP contribution in [0.1, 0.15) is 5.56 Å². The van der Waals surface area contributed by atoms with Crippen molar-refractivity contribution >= 4 is 11.8 Å². The molecule has 0 amide bonds. The van der Waals surface area contributed by atoms with Crippen molar-refractivity contribution in [3.05, 3.63) is 54.1 Å². The van der Waals surface area contributed by atoms with Gasteiger partial charge in [0.05, 0.1) is 0 Å². The molecule has 0 fully saturated rings. The number of aromatic hydroxyl groups is 1. The molecule has 2 aromatic carbocycles. The highest BCUT2D eigenvalue weighted by molar-refractivity contribution is 7.99. The summed E-state index contributed by atoms with van der Waals surface area (Å²) in [7, 11) is 0. The number of hydrogen-bond donors (Lipinski definition) is 1. The Hall–Kier alpha value is -1.61. The summed E-state index contributed by atoms with van der Waals surface area (Å²) in [4.78, 5) is 1.16. The number of rotatable bonds is 3. The number of fused-ring (bicyclic) bond motifs is 1. The Bertz CT molecular complexity index is 511. The molecule has 2 aromatic rings. The molecule has 0 saturated heterocycles. The molecule has 18 heavy (non-hydrogen) atoms. The highest BCUT2D eigenvalue weighted by Gasteiger charge is 2.22. The number of ether oxygens (including phenoxy) is 1. The number of benzene rings is 2. The van der Waals surface area contributed by atoms with Crippen LogP contribution < -0.4 is 4.74 Å². The molecular weight excluding hydrogens is 244 g/mol. The van der Waals surface area contributed by atoms with Crippen molar-refractivity contribution in [2.75, 3.05) is 5.75 Å². The van der Waals surface area contributed by atoms with Crippen LogP contribution in [0.15, 0.2) is 53.4 Å². The number of phenolic OH excluding ortho intramolecular Hbond substituents is 1. The normalized spacial score (nSPS) is 17.2. The van der Waals surface area contributed by atoms with Gasteiger partial charge >= 0.3 is 0 Å². The number of para-hydroxylation sites is 1. The zero-order chi connectivity index (χ0) is 12.4. The van der Waals surface area contributed by atoms with Crippen molar-refractivity contribution in [1.29, 1.82) is 0 Å². The van der Waals surface area contributed by atoms with Crippen LogP contribution in [-0.4, -0.2) is 17.0 Å². The Morgan fingerprint density at radius 3 is 2.67 bits per heavy atom. The first-order valence-electron chi connectivity index (χ1n) is 5.97. The van der Waals surface area contributed by atoms with E-state index in [1.54, 1.807) is 23.9 Å². The molecule has 0 aromatic heterocycles. The smallest absolute Gasteiger partial charge is 0.123 e. The summed E-state index contributed by atoms with van der Waals surface area (Å²) in [6, 6.07) is 15.5. The Balaban J connectivity index is 1.58. The molecule has 1 aliphatic rings. The van der Waals surface area contributed by atoms with Crippen molar-refractivity contribution in [3.63, 3.8) is 0 Å². The van der Waals surface area contributed by atoms with Gasteiger partial charge in [-0.05, 0) is 35.9 Å². The van der Waals surface area contributed by atoms with E-state index in [9.17, 15) is 5.11 Å². The van der Waals surface area contributed by atoms with Crippen LogP contribution in [0.4, 0.5) is 0 Å². The Labute approximate surface area is 111 Å². The van der Waals surface area contributed by atoms with Crippen LogP contribution in [0.5, 0.6) is 11.5 Å². The minimum absolute atomic E-state index is 0.251. The van der Waals surface area contributed by atoms with Gasteiger partial charge in [0.2, 0.25) is 0 Å². The van der Waals surface area contributed by atoms with Crippen LogP contribution in [-0.2, 0) is 6.42 Å². The lowest BCUT2D eigenvalue weighted by Crippen LogP contribution is -2.15. The van der Waals surface area contributed by atoms with Gasteiger partial charge in [0.15, 0.2) is 0 Å². The zero-order valence-corrected chi connectivity index (χ0v) is 10.7. The lowest BCUT2D eigenvalue weighted by molar-refractivity contribution is 0.259. The lowest BCUT2D eigenvalue weighted by Gasteiger charge is -2.10. The quantitative estimate of drug-likeness (QED) is 0.855. The third-order valence-corrected chi connectivity index (χ3v) is 4.13. The molecule has 3 heteroatoms. The third kappa shape index (κ3) is 2.46. The molecule has 0 spiro atoms. The van der Waals surface area contributed by atoms with Crippen molar-refractivity contribution < 1.29 is 9.84 Å². The maximum absolute atomic E-state index is 9.22. The Kier molecular flexibility index (Phi) is 3.15. The van der Waals surface area contributed by atoms with E-state index < -0.39 is 0 Å². The molecule has 3 rings (SSSR count). The Morgan fingerprint density at radius 2 is 1.89 bits per heavy atom. The average molecular weight is 258 g/mol. The lowest BCUT2D eigenvalue weighted by atomic mass is 10.1. The second-order valence-electron chi connectivity index (χ2n) is 4.36. The van der Waals surface area contributed by atoms with Gasteiger partial charge in [-0.3, -0.25) is 0 Å². The van der Waals surface area contributed by atoms with E-state index in [4.69, 9.17) is 4.74 Å². The van der Waals surface area contributed by atoms with E-state index in [1.807, 2.05) is 24.3 Å². The molecule has 0 radical (unpaired) electrons. The van der Waals surface area contributed by atoms with E-state index in [0.29, 0.717) is 5.75 Å². The summed E-state index contributed by atoms with van der Waals surface area (Å²) in [5.74, 6) is 2.26. The van der Waals surface area contributed by atoms with Crippen LogP contribution in [0.25, 0.3) is 0 Å². The van der Waals surface area contributed by atoms with E-state index in [-0.39, 0.29) is 6.10 Å². The molecule has 0 bridgehead atoms. The van der Waals surface area contributed by atoms with Gasteiger partial charge in [0.1, 0.15) is 17.6 Å². The van der Waals surface area contributed by atoms with Crippen molar-refractivity contribution in [2.24, 2.45) is 0 Å². The Morgan fingerprint density at radius 1 is 1.11 bits per heavy atom. The predicted octanol–water partition coefficient (Wildman–Crippen LogP) is 3.49. The van der Waals surface area contributed by atoms with E-state index in [2.05, 4.69) is 12.1 Å². The molecule has 2 nitrogen and oxygen atoms in total. The van der Waals surface area contributed by atoms with Gasteiger partial charge in [-0.2, -0.15) is 0 Å². The third-order valence-electron chi connectivity index (χ3n) is 2.99. The second kappa shape index (κ2) is 4.94. The molecule has 1 unspecified atom stereocenters. The van der Waals surface area contributed by atoms with Crippen molar-refractivity contribution in [2.45, 2.75) is 17.4 Å². The summed E-state index contributed by atoms with van der Waals surface area (Å²) < 4.78 is 5.88. The number of thioether (sulfide) groups is 1. The fourth-order valence-corrected chi connectivity index (χ4v) is 2.97. The van der Waals surface area contributed by atoms with Gasteiger partial charge in [-0.1, -0.05) is 18.2 Å². The molecule has 0 saturated carbocycles. The monoisotopic (exact) mass is 258 g/mol. The van der Waals surface area contributed by atoms with Gasteiger partial charge in [0.25, 0.3) is 0 Å². The maximum atomic E-state index is 9.22. The summed E-state index contributed by atoms with van der Waals surface area (Å²) in [5, 5.41) is 9.22. The largest absolute Gasteiger partial charge is 0.508 e. The standard InChI is InChI=1S/C15H14O2S/c16-12-5-7-14(8-6-12)18-10-13-9-11-3-1-2-4-15(11)17-13/h1-8,13,16H,9-10H2. The van der Waals surface area contributed by atoms with Crippen LogP contribution in [0.2, 0.25) is 0 Å². The molecule has 1 aliphatic heterocycles.